The van der Waals surface area contributed by atoms with Crippen molar-refractivity contribution in [3.8, 4) is 0 Å². The van der Waals surface area contributed by atoms with Crippen molar-refractivity contribution in [2.75, 3.05) is 11.4 Å². The Morgan fingerprint density at radius 1 is 1.39 bits per heavy atom. The third-order valence-electron chi connectivity index (χ3n) is 2.90. The molecule has 2 heterocycles. The molecule has 2 rings (SSSR count). The predicted octanol–water partition coefficient (Wildman–Crippen LogP) is 2.05. The third-order valence-corrected chi connectivity index (χ3v) is 2.90. The number of alkyl halides is 3. The highest BCUT2D eigenvalue weighted by Crippen LogP contribution is 2.29. The van der Waals surface area contributed by atoms with Crippen LogP contribution in [0.1, 0.15) is 25.0 Å². The van der Waals surface area contributed by atoms with Gasteiger partial charge < -0.3 is 9.69 Å². The zero-order valence-corrected chi connectivity index (χ0v) is 9.52. The number of carbonyl (C=O) groups excluding carboxylic acids is 1. The molecule has 1 unspecified atom stereocenters. The maximum Gasteiger partial charge on any atom is 0.433 e. The Kier molecular flexibility index (Phi) is 3.49. The van der Waals surface area contributed by atoms with Gasteiger partial charge in [-0.05, 0) is 25.3 Å². The fourth-order valence-electron chi connectivity index (χ4n) is 1.99. The second-order valence-corrected chi connectivity index (χ2v) is 4.13. The molecule has 0 N–H and O–H groups in total. The molecule has 4 nitrogen and oxygen atoms in total. The Morgan fingerprint density at radius 2 is 2.17 bits per heavy atom. The number of halogens is 3. The lowest BCUT2D eigenvalue weighted by Gasteiger charge is -2.32. The monoisotopic (exact) mass is 259 g/mol. The second-order valence-electron chi connectivity index (χ2n) is 4.13. The van der Waals surface area contributed by atoms with Gasteiger partial charge >= 0.3 is 6.18 Å². The van der Waals surface area contributed by atoms with Crippen LogP contribution in [0.5, 0.6) is 0 Å². The van der Waals surface area contributed by atoms with E-state index < -0.39 is 17.9 Å². The van der Waals surface area contributed by atoms with Crippen molar-refractivity contribution >= 4 is 12.2 Å². The van der Waals surface area contributed by atoms with Crippen molar-refractivity contribution < 1.29 is 18.0 Å². The number of hydrogen-bond donors (Lipinski definition) is 0. The molecule has 98 valence electrons. The Hall–Kier alpha value is -1.66. The van der Waals surface area contributed by atoms with Crippen LogP contribution in [0.3, 0.4) is 0 Å². The molecule has 0 radical (unpaired) electrons. The molecular weight excluding hydrogens is 247 g/mol. The predicted molar refractivity (Wildman–Crippen MR) is 58.1 cm³/mol. The second kappa shape index (κ2) is 4.91. The number of rotatable bonds is 2. The number of anilines is 1. The van der Waals surface area contributed by atoms with Crippen molar-refractivity contribution in [3.05, 3.63) is 18.0 Å². The summed E-state index contributed by atoms with van der Waals surface area (Å²) < 4.78 is 37.6. The summed E-state index contributed by atoms with van der Waals surface area (Å²) >= 11 is 0. The summed E-state index contributed by atoms with van der Waals surface area (Å²) in [7, 11) is 0. The number of piperidine rings is 1. The average molecular weight is 259 g/mol. The van der Waals surface area contributed by atoms with E-state index in [0.717, 1.165) is 31.4 Å². The average Bonchev–Trinajstić information content (AvgIpc) is 2.38. The number of aromatic nitrogens is 2. The standard InChI is InChI=1S/C11H12F3N3O/c12-11(13,14)9-4-5-15-10(16-9)17-6-2-1-3-8(17)7-18/h4-5,7-8H,1-3,6H2. The van der Waals surface area contributed by atoms with E-state index in [0.29, 0.717) is 13.0 Å². The molecule has 0 saturated carbocycles. The molecule has 0 spiro atoms. The van der Waals surface area contributed by atoms with E-state index in [9.17, 15) is 18.0 Å². The largest absolute Gasteiger partial charge is 0.433 e. The molecule has 1 fully saturated rings. The van der Waals surface area contributed by atoms with Crippen LogP contribution in [-0.2, 0) is 11.0 Å². The first-order chi connectivity index (χ1) is 8.52. The quantitative estimate of drug-likeness (QED) is 0.763. The zero-order valence-electron chi connectivity index (χ0n) is 9.52. The van der Waals surface area contributed by atoms with Gasteiger partial charge in [0, 0.05) is 12.7 Å². The van der Waals surface area contributed by atoms with Crippen LogP contribution >= 0.6 is 0 Å². The summed E-state index contributed by atoms with van der Waals surface area (Å²) in [4.78, 5) is 19.8. The summed E-state index contributed by atoms with van der Waals surface area (Å²) in [5, 5.41) is 0. The summed E-state index contributed by atoms with van der Waals surface area (Å²) in [5.41, 5.74) is -0.984. The van der Waals surface area contributed by atoms with Gasteiger partial charge in [0.05, 0.1) is 6.04 Å². The minimum Gasteiger partial charge on any atom is -0.331 e. The number of carbonyl (C=O) groups is 1. The van der Waals surface area contributed by atoms with Gasteiger partial charge in [0.1, 0.15) is 12.0 Å². The molecule has 7 heteroatoms. The van der Waals surface area contributed by atoms with Gasteiger partial charge in [-0.15, -0.1) is 0 Å². The van der Waals surface area contributed by atoms with Gasteiger partial charge in [-0.1, -0.05) is 0 Å². The lowest BCUT2D eigenvalue weighted by atomic mass is 10.0. The van der Waals surface area contributed by atoms with E-state index in [1.807, 2.05) is 0 Å². The lowest BCUT2D eigenvalue weighted by molar-refractivity contribution is -0.141. The molecule has 1 saturated heterocycles. The fourth-order valence-corrected chi connectivity index (χ4v) is 1.99. The Morgan fingerprint density at radius 3 is 2.83 bits per heavy atom. The van der Waals surface area contributed by atoms with E-state index in [1.165, 1.54) is 4.90 Å². The van der Waals surface area contributed by atoms with Gasteiger partial charge in [0.2, 0.25) is 5.95 Å². The fraction of sp³-hybridized carbons (Fsp3) is 0.545. The van der Waals surface area contributed by atoms with Crippen LogP contribution in [0, 0.1) is 0 Å². The molecule has 1 aromatic heterocycles. The van der Waals surface area contributed by atoms with Gasteiger partial charge in [-0.3, -0.25) is 0 Å². The van der Waals surface area contributed by atoms with E-state index in [4.69, 9.17) is 0 Å². The molecule has 0 bridgehead atoms. The molecule has 0 aromatic carbocycles. The highest BCUT2D eigenvalue weighted by molar-refractivity contribution is 5.64. The van der Waals surface area contributed by atoms with Crippen molar-refractivity contribution in [1.29, 1.82) is 0 Å². The molecule has 1 aliphatic heterocycles. The minimum absolute atomic E-state index is 0.0263. The zero-order chi connectivity index (χ0) is 13.2. The number of aldehydes is 1. The first-order valence-electron chi connectivity index (χ1n) is 5.64. The van der Waals surface area contributed by atoms with E-state index in [2.05, 4.69) is 9.97 Å². The van der Waals surface area contributed by atoms with Crippen LogP contribution in [0.25, 0.3) is 0 Å². The maximum atomic E-state index is 12.5. The van der Waals surface area contributed by atoms with Gasteiger partial charge in [0.15, 0.2) is 0 Å². The lowest BCUT2D eigenvalue weighted by Crippen LogP contribution is -2.41. The molecule has 1 aliphatic rings. The smallest absolute Gasteiger partial charge is 0.331 e. The Labute approximate surface area is 102 Å². The van der Waals surface area contributed by atoms with Crippen molar-refractivity contribution in [3.63, 3.8) is 0 Å². The normalized spacial score (nSPS) is 20.8. The Balaban J connectivity index is 2.29. The highest BCUT2D eigenvalue weighted by Gasteiger charge is 2.34. The summed E-state index contributed by atoms with van der Waals surface area (Å²) in [6.07, 6.45) is -0.347. The topological polar surface area (TPSA) is 46.1 Å². The van der Waals surface area contributed by atoms with E-state index in [-0.39, 0.29) is 5.95 Å². The SMILES string of the molecule is O=CC1CCCCN1c1nccc(C(F)(F)F)n1. The number of nitrogens with zero attached hydrogens (tertiary/aromatic N) is 3. The van der Waals surface area contributed by atoms with Gasteiger partial charge in [0.25, 0.3) is 0 Å². The number of hydrogen-bond acceptors (Lipinski definition) is 4. The van der Waals surface area contributed by atoms with Gasteiger partial charge in [-0.25, -0.2) is 9.97 Å². The molecular formula is C11H12F3N3O. The van der Waals surface area contributed by atoms with E-state index >= 15 is 0 Å². The summed E-state index contributed by atoms with van der Waals surface area (Å²) in [6.45, 7) is 0.505. The first kappa shape index (κ1) is 12.8. The van der Waals surface area contributed by atoms with Crippen LogP contribution < -0.4 is 4.90 Å². The van der Waals surface area contributed by atoms with Crippen LogP contribution in [0.2, 0.25) is 0 Å². The minimum atomic E-state index is -4.50. The molecule has 0 amide bonds. The first-order valence-corrected chi connectivity index (χ1v) is 5.64. The molecule has 0 aliphatic carbocycles. The summed E-state index contributed by atoms with van der Waals surface area (Å²) in [6, 6.07) is 0.394. The van der Waals surface area contributed by atoms with Crippen LogP contribution in [0.15, 0.2) is 12.3 Å². The van der Waals surface area contributed by atoms with Crippen molar-refractivity contribution in [2.24, 2.45) is 0 Å². The highest BCUT2D eigenvalue weighted by atomic mass is 19.4. The van der Waals surface area contributed by atoms with Crippen molar-refractivity contribution in [1.82, 2.24) is 9.97 Å². The van der Waals surface area contributed by atoms with Gasteiger partial charge in [-0.2, -0.15) is 13.2 Å². The third kappa shape index (κ3) is 2.60. The Bertz CT molecular complexity index is 436. The van der Waals surface area contributed by atoms with Crippen LogP contribution in [0.4, 0.5) is 19.1 Å². The maximum absolute atomic E-state index is 12.5. The van der Waals surface area contributed by atoms with Crippen LogP contribution in [-0.4, -0.2) is 28.8 Å². The molecule has 1 aromatic rings. The molecule has 18 heavy (non-hydrogen) atoms. The molecule has 1 atom stereocenters. The summed E-state index contributed by atoms with van der Waals surface area (Å²) in [5.74, 6) is -0.0263. The van der Waals surface area contributed by atoms with E-state index in [1.54, 1.807) is 0 Å². The van der Waals surface area contributed by atoms with Crippen molar-refractivity contribution in [2.45, 2.75) is 31.5 Å².